The molecule has 1 unspecified atom stereocenters. The van der Waals surface area contributed by atoms with E-state index in [1.165, 1.54) is 4.90 Å². The molecule has 1 aromatic heterocycles. The smallest absolute Gasteiger partial charge is 0.393 e. The summed E-state index contributed by atoms with van der Waals surface area (Å²) in [5.41, 5.74) is 0. The monoisotopic (exact) mass is 374 g/mol. The van der Waals surface area contributed by atoms with Gasteiger partial charge in [0.05, 0.1) is 30.6 Å². The number of alkyl halides is 3. The standard InChI is InChI=1S/C16H21F3N4O3/c1-9(10-2-3-10)23-13(4-5-20-23)21-14(24)8-22-6-11(15(25)26)12(7-22)16(17,18)19/h4-5,9-12H,2-3,6-8H2,1H3,(H,21,24)(H,25,26)/t9?,11-,12-/m1/s1. The van der Waals surface area contributed by atoms with Gasteiger partial charge in [-0.15, -0.1) is 0 Å². The van der Waals surface area contributed by atoms with Gasteiger partial charge in [0.15, 0.2) is 0 Å². The highest BCUT2D eigenvalue weighted by atomic mass is 19.4. The Balaban J connectivity index is 1.60. The van der Waals surface area contributed by atoms with Crippen molar-refractivity contribution < 1.29 is 27.9 Å². The van der Waals surface area contributed by atoms with Gasteiger partial charge in [0.1, 0.15) is 5.82 Å². The van der Waals surface area contributed by atoms with E-state index in [4.69, 9.17) is 5.11 Å². The zero-order valence-corrected chi connectivity index (χ0v) is 14.2. The van der Waals surface area contributed by atoms with Gasteiger partial charge < -0.3 is 10.4 Å². The molecule has 1 amide bonds. The summed E-state index contributed by atoms with van der Waals surface area (Å²) in [7, 11) is 0. The zero-order valence-electron chi connectivity index (χ0n) is 14.2. The van der Waals surface area contributed by atoms with Gasteiger partial charge in [-0.05, 0) is 25.7 Å². The number of aromatic nitrogens is 2. The van der Waals surface area contributed by atoms with E-state index in [0.717, 1.165) is 12.8 Å². The van der Waals surface area contributed by atoms with Crippen LogP contribution in [0.15, 0.2) is 12.3 Å². The molecule has 0 aromatic carbocycles. The van der Waals surface area contributed by atoms with Crippen LogP contribution in [0.1, 0.15) is 25.8 Å². The number of carbonyl (C=O) groups is 2. The number of amides is 1. The molecule has 2 N–H and O–H groups in total. The van der Waals surface area contributed by atoms with Crippen LogP contribution in [0.2, 0.25) is 0 Å². The van der Waals surface area contributed by atoms with Gasteiger partial charge >= 0.3 is 12.1 Å². The normalized spacial score (nSPS) is 25.2. The van der Waals surface area contributed by atoms with E-state index in [2.05, 4.69) is 10.4 Å². The average Bonchev–Trinajstić information content (AvgIpc) is 3.13. The molecule has 2 fully saturated rings. The van der Waals surface area contributed by atoms with Crippen molar-refractivity contribution in [3.63, 3.8) is 0 Å². The SMILES string of the molecule is CC(C1CC1)n1nccc1NC(=O)CN1C[C@@H](C(F)(F)F)[C@H](C(=O)O)C1. The first kappa shape index (κ1) is 18.7. The van der Waals surface area contributed by atoms with Crippen molar-refractivity contribution in [3.8, 4) is 0 Å². The summed E-state index contributed by atoms with van der Waals surface area (Å²) in [4.78, 5) is 24.6. The summed E-state index contributed by atoms with van der Waals surface area (Å²) < 4.78 is 40.7. The largest absolute Gasteiger partial charge is 0.481 e. The van der Waals surface area contributed by atoms with E-state index >= 15 is 0 Å². The first-order valence-electron chi connectivity index (χ1n) is 8.52. The van der Waals surface area contributed by atoms with Crippen LogP contribution in [0.25, 0.3) is 0 Å². The minimum Gasteiger partial charge on any atom is -0.481 e. The topological polar surface area (TPSA) is 87.5 Å². The number of rotatable bonds is 6. The number of carbonyl (C=O) groups excluding carboxylic acids is 1. The predicted molar refractivity (Wildman–Crippen MR) is 85.4 cm³/mol. The molecule has 2 aliphatic rings. The van der Waals surface area contributed by atoms with Crippen LogP contribution >= 0.6 is 0 Å². The second kappa shape index (κ2) is 6.90. The third kappa shape index (κ3) is 4.00. The number of nitrogens with zero attached hydrogens (tertiary/aromatic N) is 3. The maximum atomic E-state index is 13.0. The van der Waals surface area contributed by atoms with Gasteiger partial charge in [-0.3, -0.25) is 14.5 Å². The lowest BCUT2D eigenvalue weighted by atomic mass is 9.96. The third-order valence-corrected chi connectivity index (χ3v) is 5.13. The van der Waals surface area contributed by atoms with E-state index in [0.29, 0.717) is 11.7 Å². The molecule has 1 aromatic rings. The van der Waals surface area contributed by atoms with Gasteiger partial charge in [-0.2, -0.15) is 18.3 Å². The summed E-state index contributed by atoms with van der Waals surface area (Å²) in [6, 6.07) is 1.78. The zero-order chi connectivity index (χ0) is 19.1. The van der Waals surface area contributed by atoms with Crippen LogP contribution in [0.5, 0.6) is 0 Å². The fourth-order valence-corrected chi connectivity index (χ4v) is 3.50. The Morgan fingerprint density at radius 3 is 2.62 bits per heavy atom. The molecule has 1 saturated carbocycles. The van der Waals surface area contributed by atoms with Crippen LogP contribution in [0, 0.1) is 17.8 Å². The fraction of sp³-hybridized carbons (Fsp3) is 0.688. The molecule has 1 aliphatic heterocycles. The number of hydrogen-bond donors (Lipinski definition) is 2. The highest BCUT2D eigenvalue weighted by Crippen LogP contribution is 2.40. The molecule has 7 nitrogen and oxygen atoms in total. The molecule has 0 bridgehead atoms. The van der Waals surface area contributed by atoms with Gasteiger partial charge in [-0.1, -0.05) is 0 Å². The Morgan fingerprint density at radius 1 is 1.38 bits per heavy atom. The minimum atomic E-state index is -4.60. The number of carboxylic acids is 1. The first-order chi connectivity index (χ1) is 12.2. The molecule has 0 spiro atoms. The molecular formula is C16H21F3N4O3. The van der Waals surface area contributed by atoms with Crippen molar-refractivity contribution in [1.29, 1.82) is 0 Å². The summed E-state index contributed by atoms with van der Waals surface area (Å²) in [6.07, 6.45) is -0.827. The van der Waals surface area contributed by atoms with Crippen LogP contribution in [-0.4, -0.2) is 57.5 Å². The fourth-order valence-electron chi connectivity index (χ4n) is 3.50. The summed E-state index contributed by atoms with van der Waals surface area (Å²) >= 11 is 0. The van der Waals surface area contributed by atoms with Crippen LogP contribution < -0.4 is 5.32 Å². The van der Waals surface area contributed by atoms with Crippen molar-refractivity contribution >= 4 is 17.7 Å². The molecule has 10 heteroatoms. The molecular weight excluding hydrogens is 353 g/mol. The van der Waals surface area contributed by atoms with Crippen molar-refractivity contribution in [3.05, 3.63) is 12.3 Å². The Bertz CT molecular complexity index is 687. The van der Waals surface area contributed by atoms with E-state index in [1.54, 1.807) is 16.9 Å². The highest BCUT2D eigenvalue weighted by molar-refractivity contribution is 5.91. The van der Waals surface area contributed by atoms with E-state index < -0.39 is 36.4 Å². The van der Waals surface area contributed by atoms with Crippen molar-refractivity contribution in [2.75, 3.05) is 25.0 Å². The summed E-state index contributed by atoms with van der Waals surface area (Å²) in [5, 5.41) is 15.9. The van der Waals surface area contributed by atoms with Crippen molar-refractivity contribution in [2.24, 2.45) is 17.8 Å². The molecule has 1 saturated heterocycles. The number of hydrogen-bond acceptors (Lipinski definition) is 4. The first-order valence-corrected chi connectivity index (χ1v) is 8.52. The maximum Gasteiger partial charge on any atom is 0.393 e. The predicted octanol–water partition coefficient (Wildman–Crippen LogP) is 1.99. The molecule has 144 valence electrons. The molecule has 1 aliphatic carbocycles. The van der Waals surface area contributed by atoms with Crippen LogP contribution in [-0.2, 0) is 9.59 Å². The molecule has 3 rings (SSSR count). The maximum absolute atomic E-state index is 13.0. The minimum absolute atomic E-state index is 0.137. The lowest BCUT2D eigenvalue weighted by molar-refractivity contribution is -0.188. The number of anilines is 1. The lowest BCUT2D eigenvalue weighted by Crippen LogP contribution is -2.34. The van der Waals surface area contributed by atoms with E-state index in [1.807, 2.05) is 6.92 Å². The third-order valence-electron chi connectivity index (χ3n) is 5.13. The lowest BCUT2D eigenvalue weighted by Gasteiger charge is -2.19. The van der Waals surface area contributed by atoms with Crippen molar-refractivity contribution in [1.82, 2.24) is 14.7 Å². The van der Waals surface area contributed by atoms with E-state index in [-0.39, 0.29) is 19.1 Å². The number of carboxylic acid groups (broad SMARTS) is 1. The van der Waals surface area contributed by atoms with Crippen molar-refractivity contribution in [2.45, 2.75) is 32.0 Å². The van der Waals surface area contributed by atoms with Gasteiger partial charge in [0.2, 0.25) is 5.91 Å². The molecule has 26 heavy (non-hydrogen) atoms. The van der Waals surface area contributed by atoms with Crippen LogP contribution in [0.4, 0.5) is 19.0 Å². The van der Waals surface area contributed by atoms with Gasteiger partial charge in [0, 0.05) is 19.2 Å². The van der Waals surface area contributed by atoms with E-state index in [9.17, 15) is 22.8 Å². The Hall–Kier alpha value is -2.10. The number of likely N-dealkylation sites (tertiary alicyclic amines) is 1. The molecule has 3 atom stereocenters. The second-order valence-electron chi connectivity index (χ2n) is 7.07. The second-order valence-corrected chi connectivity index (χ2v) is 7.07. The van der Waals surface area contributed by atoms with Gasteiger partial charge in [-0.25, -0.2) is 4.68 Å². The van der Waals surface area contributed by atoms with Crippen LogP contribution in [0.3, 0.4) is 0 Å². The number of nitrogens with one attached hydrogen (secondary N) is 1. The Labute approximate surface area is 148 Å². The number of aliphatic carboxylic acids is 1. The quantitative estimate of drug-likeness (QED) is 0.795. The Morgan fingerprint density at radius 2 is 2.08 bits per heavy atom. The molecule has 0 radical (unpaired) electrons. The van der Waals surface area contributed by atoms with Gasteiger partial charge in [0.25, 0.3) is 0 Å². The number of halogens is 3. The Kier molecular flexibility index (Phi) is 4.96. The average molecular weight is 374 g/mol. The summed E-state index contributed by atoms with van der Waals surface area (Å²) in [5.74, 6) is -4.48. The highest BCUT2D eigenvalue weighted by Gasteiger charge is 2.52. The summed E-state index contributed by atoms with van der Waals surface area (Å²) in [6.45, 7) is 0.918. The molecule has 2 heterocycles.